The fourth-order valence-electron chi connectivity index (χ4n) is 1.35. The molecule has 1 aromatic carbocycles. The van der Waals surface area contributed by atoms with Gasteiger partial charge in [0.2, 0.25) is 0 Å². The fraction of sp³-hybridized carbons (Fsp3) is 0.385. The highest BCUT2D eigenvalue weighted by Crippen LogP contribution is 2.13. The molecule has 0 saturated carbocycles. The highest BCUT2D eigenvalue weighted by Gasteiger charge is 2.02. The van der Waals surface area contributed by atoms with Gasteiger partial charge in [-0.25, -0.2) is 0 Å². The lowest BCUT2D eigenvalue weighted by Gasteiger charge is -2.15. The van der Waals surface area contributed by atoms with Crippen LogP contribution in [0.5, 0.6) is 5.75 Å². The molecule has 82 valence electrons. The first-order chi connectivity index (χ1) is 7.22. The lowest BCUT2D eigenvalue weighted by molar-refractivity contribution is 0.219. The maximum atomic E-state index is 5.74. The first-order valence-corrected chi connectivity index (χ1v) is 5.27. The zero-order chi connectivity index (χ0) is 11.1. The summed E-state index contributed by atoms with van der Waals surface area (Å²) in [6, 6.07) is 8.10. The Morgan fingerprint density at radius 3 is 3.00 bits per heavy atom. The van der Waals surface area contributed by atoms with Crippen molar-refractivity contribution >= 4 is 0 Å². The number of aryl methyl sites for hydroxylation is 1. The van der Waals surface area contributed by atoms with Crippen LogP contribution in [0.2, 0.25) is 0 Å². The number of ether oxygens (including phenoxy) is 1. The average Bonchev–Trinajstić information content (AvgIpc) is 2.18. The van der Waals surface area contributed by atoms with E-state index in [1.807, 2.05) is 24.3 Å². The van der Waals surface area contributed by atoms with Gasteiger partial charge >= 0.3 is 0 Å². The summed E-state index contributed by atoms with van der Waals surface area (Å²) in [5.74, 6) is 0.933. The molecule has 1 N–H and O–H groups in total. The van der Waals surface area contributed by atoms with Crippen LogP contribution in [0.25, 0.3) is 0 Å². The van der Waals surface area contributed by atoms with Crippen molar-refractivity contribution in [3.63, 3.8) is 0 Å². The summed E-state index contributed by atoms with van der Waals surface area (Å²) in [5.41, 5.74) is 1.22. The van der Waals surface area contributed by atoms with Crippen molar-refractivity contribution in [2.24, 2.45) is 0 Å². The molecule has 1 atom stereocenters. The zero-order valence-corrected chi connectivity index (χ0v) is 9.49. The van der Waals surface area contributed by atoms with Crippen LogP contribution in [-0.2, 0) is 0 Å². The summed E-state index contributed by atoms with van der Waals surface area (Å²) >= 11 is 0. The molecule has 0 bridgehead atoms. The first kappa shape index (κ1) is 11.8. The van der Waals surface area contributed by atoms with Gasteiger partial charge in [0.05, 0.1) is 0 Å². The van der Waals surface area contributed by atoms with Crippen molar-refractivity contribution in [3.05, 3.63) is 42.5 Å². The molecule has 0 aliphatic heterocycles. The maximum absolute atomic E-state index is 5.74. The fourth-order valence-corrected chi connectivity index (χ4v) is 1.35. The lowest BCUT2D eigenvalue weighted by atomic mass is 10.2. The van der Waals surface area contributed by atoms with E-state index < -0.39 is 0 Å². The predicted octanol–water partition coefficient (Wildman–Crippen LogP) is 2.54. The monoisotopic (exact) mass is 205 g/mol. The Morgan fingerprint density at radius 1 is 1.53 bits per heavy atom. The van der Waals surface area contributed by atoms with Gasteiger partial charge < -0.3 is 10.1 Å². The van der Waals surface area contributed by atoms with E-state index in [4.69, 9.17) is 4.74 Å². The Kier molecular flexibility index (Phi) is 4.91. The summed E-state index contributed by atoms with van der Waals surface area (Å²) in [7, 11) is 0. The van der Waals surface area contributed by atoms with Crippen molar-refractivity contribution in [2.75, 3.05) is 13.1 Å². The van der Waals surface area contributed by atoms with Gasteiger partial charge in [0.1, 0.15) is 11.9 Å². The molecule has 0 radical (unpaired) electrons. The highest BCUT2D eigenvalue weighted by molar-refractivity contribution is 5.27. The van der Waals surface area contributed by atoms with Crippen LogP contribution in [0.1, 0.15) is 12.5 Å². The second kappa shape index (κ2) is 6.25. The summed E-state index contributed by atoms with van der Waals surface area (Å²) in [4.78, 5) is 0. The van der Waals surface area contributed by atoms with Crippen LogP contribution in [0, 0.1) is 6.92 Å². The van der Waals surface area contributed by atoms with E-state index in [0.717, 1.165) is 18.8 Å². The van der Waals surface area contributed by atoms with Crippen molar-refractivity contribution < 1.29 is 4.74 Å². The normalized spacial score (nSPS) is 12.1. The number of benzene rings is 1. The first-order valence-electron chi connectivity index (χ1n) is 5.27. The van der Waals surface area contributed by atoms with Gasteiger partial charge in [-0.05, 0) is 31.5 Å². The summed E-state index contributed by atoms with van der Waals surface area (Å²) in [5, 5.41) is 3.23. The highest BCUT2D eigenvalue weighted by atomic mass is 16.5. The summed E-state index contributed by atoms with van der Waals surface area (Å²) in [6.07, 6.45) is 2.02. The van der Waals surface area contributed by atoms with Crippen LogP contribution in [0.3, 0.4) is 0 Å². The molecule has 0 spiro atoms. The van der Waals surface area contributed by atoms with E-state index in [-0.39, 0.29) is 6.10 Å². The molecule has 1 rings (SSSR count). The van der Waals surface area contributed by atoms with Gasteiger partial charge in [-0.2, -0.15) is 0 Å². The van der Waals surface area contributed by atoms with Crippen LogP contribution in [0.4, 0.5) is 0 Å². The van der Waals surface area contributed by atoms with Gasteiger partial charge in [0.15, 0.2) is 0 Å². The van der Waals surface area contributed by atoms with Crippen LogP contribution < -0.4 is 10.1 Å². The van der Waals surface area contributed by atoms with E-state index in [1.54, 1.807) is 0 Å². The van der Waals surface area contributed by atoms with E-state index in [2.05, 4.69) is 31.8 Å². The third-order valence-electron chi connectivity index (χ3n) is 2.05. The second-order valence-electron chi connectivity index (χ2n) is 3.69. The zero-order valence-electron chi connectivity index (χ0n) is 9.49. The number of nitrogens with one attached hydrogen (secondary N) is 1. The van der Waals surface area contributed by atoms with E-state index >= 15 is 0 Å². The van der Waals surface area contributed by atoms with Gasteiger partial charge in [-0.3, -0.25) is 0 Å². The molecule has 0 fully saturated rings. The van der Waals surface area contributed by atoms with Crippen molar-refractivity contribution in [2.45, 2.75) is 20.0 Å². The average molecular weight is 205 g/mol. The molecule has 2 nitrogen and oxygen atoms in total. The maximum Gasteiger partial charge on any atom is 0.120 e. The topological polar surface area (TPSA) is 21.3 Å². The number of hydrogen-bond acceptors (Lipinski definition) is 2. The lowest BCUT2D eigenvalue weighted by Crippen LogP contribution is -2.28. The summed E-state index contributed by atoms with van der Waals surface area (Å²) in [6.45, 7) is 9.42. The molecule has 15 heavy (non-hydrogen) atoms. The van der Waals surface area contributed by atoms with Crippen LogP contribution in [0.15, 0.2) is 36.9 Å². The third-order valence-corrected chi connectivity index (χ3v) is 2.05. The van der Waals surface area contributed by atoms with Crippen LogP contribution in [-0.4, -0.2) is 19.2 Å². The molecule has 0 aliphatic rings. The molecule has 1 aromatic rings. The largest absolute Gasteiger partial charge is 0.489 e. The minimum Gasteiger partial charge on any atom is -0.489 e. The quantitative estimate of drug-likeness (QED) is 0.569. The Morgan fingerprint density at radius 2 is 2.33 bits per heavy atom. The summed E-state index contributed by atoms with van der Waals surface area (Å²) < 4.78 is 5.74. The molecule has 0 heterocycles. The van der Waals surface area contributed by atoms with Crippen molar-refractivity contribution in [1.29, 1.82) is 0 Å². The molecule has 0 amide bonds. The Labute approximate surface area is 92.0 Å². The van der Waals surface area contributed by atoms with Gasteiger partial charge in [-0.1, -0.05) is 18.2 Å². The van der Waals surface area contributed by atoms with E-state index in [9.17, 15) is 0 Å². The Hall–Kier alpha value is -1.28. The van der Waals surface area contributed by atoms with Crippen molar-refractivity contribution in [1.82, 2.24) is 5.32 Å². The van der Waals surface area contributed by atoms with E-state index in [0.29, 0.717) is 0 Å². The molecular weight excluding hydrogens is 186 g/mol. The minimum absolute atomic E-state index is 0.173. The predicted molar refractivity (Wildman–Crippen MR) is 64.3 cm³/mol. The Balaban J connectivity index is 2.37. The van der Waals surface area contributed by atoms with Crippen LogP contribution >= 0.6 is 0 Å². The number of hydrogen-bond donors (Lipinski definition) is 1. The van der Waals surface area contributed by atoms with Gasteiger partial charge in [-0.15, -0.1) is 6.58 Å². The smallest absolute Gasteiger partial charge is 0.120 e. The van der Waals surface area contributed by atoms with Gasteiger partial charge in [0.25, 0.3) is 0 Å². The second-order valence-corrected chi connectivity index (χ2v) is 3.69. The third kappa shape index (κ3) is 4.66. The van der Waals surface area contributed by atoms with Gasteiger partial charge in [0, 0.05) is 13.1 Å². The molecular formula is C13H19NO. The number of rotatable bonds is 6. The SMILES string of the molecule is C=CCNCC(C)Oc1cccc(C)c1. The molecule has 0 aliphatic carbocycles. The molecule has 0 aromatic heterocycles. The molecule has 0 saturated heterocycles. The Bertz CT molecular complexity index is 309. The van der Waals surface area contributed by atoms with Crippen molar-refractivity contribution in [3.8, 4) is 5.75 Å². The molecule has 2 heteroatoms. The van der Waals surface area contributed by atoms with E-state index in [1.165, 1.54) is 5.56 Å². The standard InChI is InChI=1S/C13H19NO/c1-4-8-14-10-12(3)15-13-7-5-6-11(2)9-13/h4-7,9,12,14H,1,8,10H2,2-3H3. The molecule has 1 unspecified atom stereocenters. The minimum atomic E-state index is 0.173.